The van der Waals surface area contributed by atoms with Crippen molar-refractivity contribution in [1.82, 2.24) is 15.1 Å². The minimum absolute atomic E-state index is 0.334. The van der Waals surface area contributed by atoms with E-state index < -0.39 is 0 Å². The maximum atomic E-state index is 11.0. The van der Waals surface area contributed by atoms with E-state index in [-0.39, 0.29) is 0 Å². The van der Waals surface area contributed by atoms with E-state index in [0.717, 1.165) is 0 Å². The van der Waals surface area contributed by atoms with Gasteiger partial charge in [0.2, 0.25) is 5.88 Å². The average Bonchev–Trinajstić information content (AvgIpc) is 2.35. The number of ether oxygens (including phenoxy) is 2. The van der Waals surface area contributed by atoms with Crippen molar-refractivity contribution in [2.45, 2.75) is 0 Å². The van der Waals surface area contributed by atoms with Gasteiger partial charge in [-0.1, -0.05) is 0 Å². The fourth-order valence-corrected chi connectivity index (χ4v) is 1.24. The van der Waals surface area contributed by atoms with Gasteiger partial charge in [-0.2, -0.15) is 0 Å². The van der Waals surface area contributed by atoms with Crippen LogP contribution in [0.15, 0.2) is 12.3 Å². The Morgan fingerprint density at radius 1 is 1.29 bits per heavy atom. The minimum atomic E-state index is 0.334. The molecule has 1 rings (SSSR count). The normalized spacial score (nSPS) is 10.9. The second kappa shape index (κ2) is 5.83. The Bertz CT molecular complexity index is 430. The number of methoxy groups -OCH3 is 2. The first-order valence-corrected chi connectivity index (χ1v) is 4.91. The number of hydrogen-bond donors (Lipinski definition) is 0. The molecule has 6 nitrogen and oxygen atoms in total. The van der Waals surface area contributed by atoms with Crippen LogP contribution in [0, 0.1) is 0 Å². The van der Waals surface area contributed by atoms with E-state index in [0.29, 0.717) is 29.2 Å². The molecule has 0 N–H and O–H groups in total. The molecule has 0 aliphatic rings. The zero-order valence-electron chi connectivity index (χ0n) is 10.3. The van der Waals surface area contributed by atoms with Crippen molar-refractivity contribution in [1.29, 1.82) is 0 Å². The molecule has 0 bridgehead atoms. The van der Waals surface area contributed by atoms with Gasteiger partial charge in [-0.05, 0) is 0 Å². The van der Waals surface area contributed by atoms with Crippen molar-refractivity contribution in [2.24, 2.45) is 0 Å². The summed E-state index contributed by atoms with van der Waals surface area (Å²) in [4.78, 5) is 12.8. The summed E-state index contributed by atoms with van der Waals surface area (Å²) in [6.07, 6.45) is 2.35. The number of hydrogen-bond acceptors (Lipinski definition) is 6. The van der Waals surface area contributed by atoms with Gasteiger partial charge >= 0.3 is 0 Å². The lowest BCUT2D eigenvalue weighted by atomic mass is 10.2. The Hall–Kier alpha value is -2.11. The van der Waals surface area contributed by atoms with Gasteiger partial charge in [0.15, 0.2) is 12.0 Å². The summed E-state index contributed by atoms with van der Waals surface area (Å²) < 4.78 is 10.1. The monoisotopic (exact) mass is 237 g/mol. The first-order valence-electron chi connectivity index (χ1n) is 4.91. The molecule has 1 heterocycles. The van der Waals surface area contributed by atoms with Crippen LogP contribution in [0.2, 0.25) is 0 Å². The van der Waals surface area contributed by atoms with Gasteiger partial charge in [0.1, 0.15) is 5.69 Å². The van der Waals surface area contributed by atoms with Crippen LogP contribution in [-0.4, -0.2) is 49.7 Å². The van der Waals surface area contributed by atoms with Gasteiger partial charge in [0.05, 0.1) is 19.8 Å². The molecule has 0 saturated carbocycles. The third-order valence-electron chi connectivity index (χ3n) is 1.96. The van der Waals surface area contributed by atoms with E-state index in [1.165, 1.54) is 14.2 Å². The van der Waals surface area contributed by atoms with Crippen LogP contribution in [0.5, 0.6) is 11.6 Å². The van der Waals surface area contributed by atoms with Crippen molar-refractivity contribution in [3.05, 3.63) is 18.0 Å². The molecule has 0 spiro atoms. The Morgan fingerprint density at radius 3 is 2.47 bits per heavy atom. The molecular weight excluding hydrogens is 222 g/mol. The van der Waals surface area contributed by atoms with Gasteiger partial charge in [-0.25, -0.2) is 0 Å². The predicted octanol–water partition coefficient (Wildman–Crippen LogP) is 0.595. The third kappa shape index (κ3) is 3.17. The van der Waals surface area contributed by atoms with Crippen LogP contribution in [0.25, 0.3) is 5.57 Å². The quantitative estimate of drug-likeness (QED) is 0.552. The van der Waals surface area contributed by atoms with E-state index in [9.17, 15) is 4.79 Å². The number of carbonyl (C=O) groups is 1. The topological polar surface area (TPSA) is 64.6 Å². The first kappa shape index (κ1) is 13.0. The van der Waals surface area contributed by atoms with E-state index >= 15 is 0 Å². The highest BCUT2D eigenvalue weighted by Crippen LogP contribution is 2.25. The lowest BCUT2D eigenvalue weighted by Crippen LogP contribution is -2.06. The Morgan fingerprint density at radius 2 is 2.00 bits per heavy atom. The molecule has 1 aromatic rings. The Balaban J connectivity index is 3.24. The van der Waals surface area contributed by atoms with Crippen molar-refractivity contribution in [3.63, 3.8) is 0 Å². The van der Waals surface area contributed by atoms with Crippen molar-refractivity contribution in [3.8, 4) is 11.6 Å². The van der Waals surface area contributed by atoms with Gasteiger partial charge < -0.3 is 14.4 Å². The molecule has 0 amide bonds. The lowest BCUT2D eigenvalue weighted by Gasteiger charge is -2.10. The van der Waals surface area contributed by atoms with Crippen molar-refractivity contribution >= 4 is 11.9 Å². The van der Waals surface area contributed by atoms with Crippen LogP contribution in [0.1, 0.15) is 5.69 Å². The molecular formula is C11H15N3O3. The number of aldehydes is 1. The summed E-state index contributed by atoms with van der Waals surface area (Å²) in [7, 11) is 6.61. The van der Waals surface area contributed by atoms with E-state index in [4.69, 9.17) is 9.47 Å². The van der Waals surface area contributed by atoms with Crippen LogP contribution in [0.3, 0.4) is 0 Å². The molecule has 0 aromatic carbocycles. The largest absolute Gasteiger partial charge is 0.494 e. The molecule has 0 atom stereocenters. The van der Waals surface area contributed by atoms with Crippen LogP contribution in [0.4, 0.5) is 0 Å². The van der Waals surface area contributed by atoms with Gasteiger partial charge in [-0.3, -0.25) is 4.79 Å². The average molecular weight is 237 g/mol. The molecule has 6 heteroatoms. The van der Waals surface area contributed by atoms with Gasteiger partial charge in [0.25, 0.3) is 0 Å². The zero-order valence-corrected chi connectivity index (χ0v) is 10.3. The molecule has 92 valence electrons. The SMILES string of the molecule is COc1cc(OC)c(C(C=O)=CN(C)C)nn1. The molecule has 17 heavy (non-hydrogen) atoms. The predicted molar refractivity (Wildman–Crippen MR) is 62.9 cm³/mol. The number of carbonyl (C=O) groups excluding carboxylic acids is 1. The fourth-order valence-electron chi connectivity index (χ4n) is 1.24. The summed E-state index contributed by atoms with van der Waals surface area (Å²) in [6.45, 7) is 0. The van der Waals surface area contributed by atoms with Crippen molar-refractivity contribution in [2.75, 3.05) is 28.3 Å². The minimum Gasteiger partial charge on any atom is -0.494 e. The van der Waals surface area contributed by atoms with E-state index in [2.05, 4.69) is 10.2 Å². The molecule has 0 aliphatic heterocycles. The highest BCUT2D eigenvalue weighted by atomic mass is 16.5. The molecule has 1 aromatic heterocycles. The second-order valence-corrected chi connectivity index (χ2v) is 3.47. The zero-order chi connectivity index (χ0) is 12.8. The standard InChI is InChI=1S/C11H15N3O3/c1-14(2)6-8(7-15)11-9(16-3)5-10(17-4)12-13-11/h5-7H,1-4H3. The molecule has 0 aliphatic carbocycles. The summed E-state index contributed by atoms with van der Waals surface area (Å²) >= 11 is 0. The maximum Gasteiger partial charge on any atom is 0.236 e. The molecule has 0 fully saturated rings. The maximum absolute atomic E-state index is 11.0. The van der Waals surface area contributed by atoms with E-state index in [1.807, 2.05) is 14.1 Å². The van der Waals surface area contributed by atoms with Crippen LogP contribution < -0.4 is 9.47 Å². The van der Waals surface area contributed by atoms with Gasteiger partial charge in [0, 0.05) is 26.4 Å². The number of allylic oxidation sites excluding steroid dienone is 1. The summed E-state index contributed by atoms with van der Waals surface area (Å²) in [5, 5.41) is 7.73. The molecule has 0 radical (unpaired) electrons. The fraction of sp³-hybridized carbons (Fsp3) is 0.364. The summed E-state index contributed by atoms with van der Waals surface area (Å²) in [5.74, 6) is 0.776. The highest BCUT2D eigenvalue weighted by Gasteiger charge is 2.12. The Labute approximate surface area is 99.9 Å². The van der Waals surface area contributed by atoms with Crippen molar-refractivity contribution < 1.29 is 14.3 Å². The van der Waals surface area contributed by atoms with Gasteiger partial charge in [-0.15, -0.1) is 10.2 Å². The smallest absolute Gasteiger partial charge is 0.236 e. The van der Waals surface area contributed by atoms with Crippen LogP contribution >= 0.6 is 0 Å². The molecule has 0 unspecified atom stereocenters. The molecule has 0 saturated heterocycles. The van der Waals surface area contributed by atoms with Crippen LogP contribution in [-0.2, 0) is 4.79 Å². The number of nitrogens with zero attached hydrogens (tertiary/aromatic N) is 3. The lowest BCUT2D eigenvalue weighted by molar-refractivity contribution is -0.103. The summed E-state index contributed by atoms with van der Waals surface area (Å²) in [5.41, 5.74) is 0.777. The summed E-state index contributed by atoms with van der Waals surface area (Å²) in [6, 6.07) is 1.58. The first-order chi connectivity index (χ1) is 8.12. The Kier molecular flexibility index (Phi) is 4.45. The third-order valence-corrected chi connectivity index (χ3v) is 1.96. The highest BCUT2D eigenvalue weighted by molar-refractivity contribution is 6.06. The number of rotatable bonds is 5. The number of aromatic nitrogens is 2. The van der Waals surface area contributed by atoms with E-state index in [1.54, 1.807) is 17.2 Å². The second-order valence-electron chi connectivity index (χ2n) is 3.47.